The van der Waals surface area contributed by atoms with Crippen LogP contribution in [0.2, 0.25) is 0 Å². The summed E-state index contributed by atoms with van der Waals surface area (Å²) >= 11 is 1.27. The van der Waals surface area contributed by atoms with Crippen molar-refractivity contribution in [1.29, 1.82) is 0 Å². The topological polar surface area (TPSA) is 73.8 Å². The van der Waals surface area contributed by atoms with E-state index in [1.165, 1.54) is 11.8 Å². The Hall–Kier alpha value is -2.08. The number of nitrogen functional groups attached to an aromatic ring is 1. The summed E-state index contributed by atoms with van der Waals surface area (Å²) in [5.41, 5.74) is 0.844. The fraction of sp³-hybridized carbons (Fsp3) is 0.0833. The molecule has 2 N–H and O–H groups in total. The fourth-order valence-electron chi connectivity index (χ4n) is 1.38. The Labute approximate surface area is 108 Å². The maximum Gasteiger partial charge on any atom is 0.298 e. The first kappa shape index (κ1) is 12.4. The lowest BCUT2D eigenvalue weighted by atomic mass is 10.2. The monoisotopic (exact) mass is 260 g/mol. The van der Waals surface area contributed by atoms with Crippen LogP contribution in [-0.2, 0) is 0 Å². The van der Waals surface area contributed by atoms with Gasteiger partial charge in [-0.05, 0) is 17.9 Å². The predicted molar refractivity (Wildman–Crippen MR) is 73.6 cm³/mol. The lowest BCUT2D eigenvalue weighted by Crippen LogP contribution is -2.32. The van der Waals surface area contributed by atoms with Crippen LogP contribution in [0.25, 0.3) is 12.2 Å². The summed E-state index contributed by atoms with van der Waals surface area (Å²) in [6.45, 7) is 0. The Morgan fingerprint density at radius 2 is 1.94 bits per heavy atom. The van der Waals surface area contributed by atoms with Crippen LogP contribution in [0.4, 0.5) is 0 Å². The molecule has 92 valence electrons. The number of benzene rings is 1. The molecule has 0 saturated heterocycles. The second-order valence-electron chi connectivity index (χ2n) is 3.49. The van der Waals surface area contributed by atoms with E-state index < -0.39 is 0 Å². The maximum absolute atomic E-state index is 11.8. The van der Waals surface area contributed by atoms with E-state index in [1.807, 2.05) is 30.3 Å². The molecule has 6 heteroatoms. The SMILES string of the molecule is CSc1nnc(/C=C\c2ccccc2)c(=O)n1N. The van der Waals surface area contributed by atoms with Gasteiger partial charge in [0.1, 0.15) is 0 Å². The summed E-state index contributed by atoms with van der Waals surface area (Å²) in [7, 11) is 0. The Bertz CT molecular complexity index is 622. The predicted octanol–water partition coefficient (Wildman–Crippen LogP) is 1.24. The van der Waals surface area contributed by atoms with Crippen LogP contribution in [-0.4, -0.2) is 21.1 Å². The molecular weight excluding hydrogens is 248 g/mol. The standard InChI is InChI=1S/C12H12N4OS/c1-18-12-15-14-10(11(17)16(12)13)8-7-9-5-3-2-4-6-9/h2-8H,13H2,1H3/b8-7-. The minimum Gasteiger partial charge on any atom is -0.334 e. The normalized spacial score (nSPS) is 10.9. The molecule has 0 atom stereocenters. The molecule has 2 aromatic rings. The minimum absolute atomic E-state index is 0.221. The molecule has 0 aliphatic carbocycles. The molecule has 1 aromatic heterocycles. The molecule has 1 aromatic carbocycles. The second kappa shape index (κ2) is 5.50. The number of hydrogen-bond donors (Lipinski definition) is 1. The molecule has 0 unspecified atom stereocenters. The first-order valence-electron chi connectivity index (χ1n) is 5.24. The van der Waals surface area contributed by atoms with Gasteiger partial charge in [0.15, 0.2) is 5.69 Å². The van der Waals surface area contributed by atoms with Gasteiger partial charge in [-0.2, -0.15) is 4.68 Å². The molecule has 2 rings (SSSR count). The van der Waals surface area contributed by atoms with E-state index in [0.29, 0.717) is 5.16 Å². The lowest BCUT2D eigenvalue weighted by molar-refractivity contribution is 0.695. The smallest absolute Gasteiger partial charge is 0.298 e. The van der Waals surface area contributed by atoms with Crippen LogP contribution in [0.15, 0.2) is 40.3 Å². The van der Waals surface area contributed by atoms with E-state index in [1.54, 1.807) is 18.4 Å². The van der Waals surface area contributed by atoms with Gasteiger partial charge in [0.25, 0.3) is 5.56 Å². The van der Waals surface area contributed by atoms with Crippen molar-refractivity contribution < 1.29 is 0 Å². The maximum atomic E-state index is 11.8. The average molecular weight is 260 g/mol. The highest BCUT2D eigenvalue weighted by atomic mass is 32.2. The second-order valence-corrected chi connectivity index (χ2v) is 4.26. The molecule has 0 bridgehead atoms. The molecule has 0 aliphatic heterocycles. The van der Waals surface area contributed by atoms with Crippen molar-refractivity contribution in [1.82, 2.24) is 14.9 Å². The van der Waals surface area contributed by atoms with Crippen LogP contribution < -0.4 is 11.4 Å². The van der Waals surface area contributed by atoms with Gasteiger partial charge in [-0.3, -0.25) is 4.79 Å². The largest absolute Gasteiger partial charge is 0.334 e. The van der Waals surface area contributed by atoms with Crippen molar-refractivity contribution in [3.8, 4) is 0 Å². The van der Waals surface area contributed by atoms with Crippen molar-refractivity contribution >= 4 is 23.9 Å². The van der Waals surface area contributed by atoms with E-state index in [2.05, 4.69) is 10.2 Å². The third-order valence-electron chi connectivity index (χ3n) is 2.30. The summed E-state index contributed by atoms with van der Waals surface area (Å²) in [6, 6.07) is 9.63. The first-order chi connectivity index (χ1) is 8.72. The Morgan fingerprint density at radius 1 is 1.22 bits per heavy atom. The van der Waals surface area contributed by atoms with E-state index in [0.717, 1.165) is 10.2 Å². The van der Waals surface area contributed by atoms with Crippen LogP contribution in [0.3, 0.4) is 0 Å². The van der Waals surface area contributed by atoms with Crippen LogP contribution in [0.5, 0.6) is 0 Å². The number of rotatable bonds is 3. The Balaban J connectivity index is 2.34. The molecular formula is C12H12N4OS. The number of nitrogens with two attached hydrogens (primary N) is 1. The molecule has 0 spiro atoms. The molecule has 0 radical (unpaired) electrons. The number of aromatic nitrogens is 3. The number of thioether (sulfide) groups is 1. The van der Waals surface area contributed by atoms with Crippen molar-refractivity contribution in [3.05, 3.63) is 51.9 Å². The van der Waals surface area contributed by atoms with Gasteiger partial charge in [-0.25, -0.2) is 0 Å². The van der Waals surface area contributed by atoms with E-state index in [4.69, 9.17) is 5.84 Å². The third kappa shape index (κ3) is 2.60. The quantitative estimate of drug-likeness (QED) is 0.664. The highest BCUT2D eigenvalue weighted by Crippen LogP contribution is 2.06. The zero-order chi connectivity index (χ0) is 13.0. The van der Waals surface area contributed by atoms with Crippen LogP contribution in [0.1, 0.15) is 11.3 Å². The number of hydrogen-bond acceptors (Lipinski definition) is 5. The molecule has 5 nitrogen and oxygen atoms in total. The minimum atomic E-state index is -0.360. The molecule has 0 amide bonds. The van der Waals surface area contributed by atoms with E-state index in [9.17, 15) is 4.79 Å². The third-order valence-corrected chi connectivity index (χ3v) is 2.95. The van der Waals surface area contributed by atoms with Gasteiger partial charge >= 0.3 is 0 Å². The van der Waals surface area contributed by atoms with E-state index in [-0.39, 0.29) is 11.3 Å². The highest BCUT2D eigenvalue weighted by Gasteiger charge is 2.06. The van der Waals surface area contributed by atoms with Gasteiger partial charge in [0, 0.05) is 0 Å². The fourth-order valence-corrected chi connectivity index (χ4v) is 1.78. The molecule has 0 fully saturated rings. The van der Waals surface area contributed by atoms with Gasteiger partial charge in [-0.1, -0.05) is 48.2 Å². The lowest BCUT2D eigenvalue weighted by Gasteiger charge is -2.02. The number of nitrogens with zero attached hydrogens (tertiary/aromatic N) is 3. The Morgan fingerprint density at radius 3 is 2.61 bits per heavy atom. The summed E-state index contributed by atoms with van der Waals surface area (Å²) in [6.07, 6.45) is 5.19. The van der Waals surface area contributed by atoms with Gasteiger partial charge < -0.3 is 5.84 Å². The summed E-state index contributed by atoms with van der Waals surface area (Å²) in [4.78, 5) is 11.8. The molecule has 18 heavy (non-hydrogen) atoms. The van der Waals surface area contributed by atoms with Crippen molar-refractivity contribution in [3.63, 3.8) is 0 Å². The van der Waals surface area contributed by atoms with Gasteiger partial charge in [0.05, 0.1) is 0 Å². The average Bonchev–Trinajstić information content (AvgIpc) is 2.42. The van der Waals surface area contributed by atoms with Crippen molar-refractivity contribution in [2.45, 2.75) is 5.16 Å². The summed E-state index contributed by atoms with van der Waals surface area (Å²) in [5.74, 6) is 5.61. The molecule has 0 saturated carbocycles. The van der Waals surface area contributed by atoms with Crippen LogP contribution >= 0.6 is 11.8 Å². The molecule has 1 heterocycles. The van der Waals surface area contributed by atoms with Gasteiger partial charge in [-0.15, -0.1) is 10.2 Å². The first-order valence-corrected chi connectivity index (χ1v) is 6.47. The summed E-state index contributed by atoms with van der Waals surface area (Å²) in [5, 5.41) is 8.11. The van der Waals surface area contributed by atoms with Crippen LogP contribution in [0, 0.1) is 0 Å². The zero-order valence-electron chi connectivity index (χ0n) is 9.78. The zero-order valence-corrected chi connectivity index (χ0v) is 10.6. The molecule has 0 aliphatic rings. The van der Waals surface area contributed by atoms with Crippen molar-refractivity contribution in [2.24, 2.45) is 0 Å². The summed E-state index contributed by atoms with van der Waals surface area (Å²) < 4.78 is 1.00. The highest BCUT2D eigenvalue weighted by molar-refractivity contribution is 7.98. The van der Waals surface area contributed by atoms with E-state index >= 15 is 0 Å². The van der Waals surface area contributed by atoms with Gasteiger partial charge in [0.2, 0.25) is 5.16 Å². The van der Waals surface area contributed by atoms with Crippen molar-refractivity contribution in [2.75, 3.05) is 12.1 Å². The Kier molecular flexibility index (Phi) is 3.78.